The molecule has 0 atom stereocenters. The van der Waals surface area contributed by atoms with Gasteiger partial charge in [0, 0.05) is 25.3 Å². The molecular formula is C11H17N5O. The van der Waals surface area contributed by atoms with Gasteiger partial charge >= 0.3 is 0 Å². The van der Waals surface area contributed by atoms with Crippen LogP contribution in [0, 0.1) is 0 Å². The summed E-state index contributed by atoms with van der Waals surface area (Å²) in [5.74, 6) is 0.547. The molecule has 1 aromatic heterocycles. The van der Waals surface area contributed by atoms with Crippen LogP contribution in [0.5, 0.6) is 0 Å². The number of rotatable bonds is 4. The summed E-state index contributed by atoms with van der Waals surface area (Å²) in [6.45, 7) is 2.14. The minimum Gasteiger partial charge on any atom is -0.369 e. The van der Waals surface area contributed by atoms with Gasteiger partial charge in [0.2, 0.25) is 5.91 Å². The van der Waals surface area contributed by atoms with Gasteiger partial charge in [-0.25, -0.2) is 0 Å². The molecule has 6 heteroatoms. The van der Waals surface area contributed by atoms with E-state index in [4.69, 9.17) is 5.73 Å². The number of aromatic nitrogens is 2. The molecule has 1 aliphatic heterocycles. The van der Waals surface area contributed by atoms with E-state index in [-0.39, 0.29) is 5.91 Å². The van der Waals surface area contributed by atoms with Crippen molar-refractivity contribution in [1.82, 2.24) is 15.1 Å². The maximum atomic E-state index is 10.8. The molecule has 0 radical (unpaired) electrons. The smallest absolute Gasteiger partial charge is 0.231 e. The third-order valence-electron chi connectivity index (χ3n) is 2.89. The number of hydrogen-bond donors (Lipinski definition) is 2. The lowest BCUT2D eigenvalue weighted by atomic mass is 10.1. The van der Waals surface area contributed by atoms with Crippen LogP contribution in [-0.2, 0) is 4.79 Å². The molecule has 2 heterocycles. The Labute approximate surface area is 100 Å². The molecule has 1 saturated heterocycles. The second kappa shape index (κ2) is 5.58. The topological polar surface area (TPSA) is 84.1 Å². The van der Waals surface area contributed by atoms with Gasteiger partial charge in [0.25, 0.3) is 0 Å². The van der Waals surface area contributed by atoms with E-state index in [1.54, 1.807) is 6.20 Å². The van der Waals surface area contributed by atoms with Crippen molar-refractivity contribution in [2.24, 2.45) is 5.73 Å². The fourth-order valence-corrected chi connectivity index (χ4v) is 2.04. The van der Waals surface area contributed by atoms with Gasteiger partial charge in [-0.2, -0.15) is 5.10 Å². The summed E-state index contributed by atoms with van der Waals surface area (Å²) in [5.41, 5.74) is 5.17. The van der Waals surface area contributed by atoms with Gasteiger partial charge in [-0.05, 0) is 25.0 Å². The summed E-state index contributed by atoms with van der Waals surface area (Å²) in [4.78, 5) is 12.9. The normalized spacial score (nSPS) is 17.9. The third kappa shape index (κ3) is 3.67. The number of piperidine rings is 1. The van der Waals surface area contributed by atoms with Crippen LogP contribution in [0.1, 0.15) is 12.8 Å². The minimum absolute atomic E-state index is 0.259. The highest BCUT2D eigenvalue weighted by molar-refractivity contribution is 5.75. The van der Waals surface area contributed by atoms with Crippen molar-refractivity contribution in [3.05, 3.63) is 18.3 Å². The molecule has 1 aliphatic rings. The molecule has 0 aliphatic carbocycles. The molecule has 6 nitrogen and oxygen atoms in total. The Morgan fingerprint density at radius 3 is 2.88 bits per heavy atom. The Hall–Kier alpha value is -1.69. The SMILES string of the molecule is NC(=O)CN1CCC(Nc2cccnn2)CC1. The Morgan fingerprint density at radius 2 is 2.29 bits per heavy atom. The van der Waals surface area contributed by atoms with Crippen molar-refractivity contribution in [2.45, 2.75) is 18.9 Å². The molecule has 1 amide bonds. The van der Waals surface area contributed by atoms with Crippen molar-refractivity contribution in [1.29, 1.82) is 0 Å². The predicted molar refractivity (Wildman–Crippen MR) is 64.3 cm³/mol. The van der Waals surface area contributed by atoms with Crippen molar-refractivity contribution in [3.63, 3.8) is 0 Å². The van der Waals surface area contributed by atoms with E-state index in [9.17, 15) is 4.79 Å². The number of anilines is 1. The first-order valence-corrected chi connectivity index (χ1v) is 5.79. The van der Waals surface area contributed by atoms with Crippen molar-refractivity contribution >= 4 is 11.7 Å². The largest absolute Gasteiger partial charge is 0.369 e. The number of nitrogens with one attached hydrogen (secondary N) is 1. The van der Waals surface area contributed by atoms with Gasteiger partial charge in [-0.15, -0.1) is 5.10 Å². The molecule has 0 bridgehead atoms. The quantitative estimate of drug-likeness (QED) is 0.757. The molecule has 1 aromatic rings. The number of primary amides is 1. The second-order valence-electron chi connectivity index (χ2n) is 4.27. The standard InChI is InChI=1S/C11H17N5O/c12-10(17)8-16-6-3-9(4-7-16)14-11-2-1-5-13-15-11/h1-2,5,9H,3-4,6-8H2,(H2,12,17)(H,14,15). The summed E-state index contributed by atoms with van der Waals surface area (Å²) in [6.07, 6.45) is 3.63. The average molecular weight is 235 g/mol. The zero-order valence-electron chi connectivity index (χ0n) is 9.67. The van der Waals surface area contributed by atoms with Crippen LogP contribution in [-0.4, -0.2) is 46.7 Å². The summed E-state index contributed by atoms with van der Waals surface area (Å²) >= 11 is 0. The van der Waals surface area contributed by atoms with Gasteiger partial charge in [-0.3, -0.25) is 9.69 Å². The Bertz CT molecular complexity index is 361. The molecule has 3 N–H and O–H groups in total. The maximum absolute atomic E-state index is 10.8. The van der Waals surface area contributed by atoms with Crippen molar-refractivity contribution < 1.29 is 4.79 Å². The highest BCUT2D eigenvalue weighted by Gasteiger charge is 2.20. The average Bonchev–Trinajstić information content (AvgIpc) is 2.32. The molecule has 2 rings (SSSR count). The van der Waals surface area contributed by atoms with Crippen LogP contribution >= 0.6 is 0 Å². The summed E-state index contributed by atoms with van der Waals surface area (Å²) in [7, 11) is 0. The van der Waals surface area contributed by atoms with Crippen LogP contribution in [0.2, 0.25) is 0 Å². The van der Waals surface area contributed by atoms with Crippen molar-refractivity contribution in [3.8, 4) is 0 Å². The maximum Gasteiger partial charge on any atom is 0.231 e. The molecule has 0 saturated carbocycles. The first-order chi connectivity index (χ1) is 8.24. The summed E-state index contributed by atoms with van der Waals surface area (Å²) < 4.78 is 0. The fourth-order valence-electron chi connectivity index (χ4n) is 2.04. The number of nitrogens with zero attached hydrogens (tertiary/aromatic N) is 3. The minimum atomic E-state index is -0.259. The first kappa shape index (κ1) is 11.8. The van der Waals surface area contributed by atoms with Crippen LogP contribution in [0.15, 0.2) is 18.3 Å². The monoisotopic (exact) mass is 235 g/mol. The highest BCUT2D eigenvalue weighted by atomic mass is 16.1. The van der Waals surface area contributed by atoms with Gasteiger partial charge in [-0.1, -0.05) is 0 Å². The van der Waals surface area contributed by atoms with Crippen LogP contribution in [0.3, 0.4) is 0 Å². The Kier molecular flexibility index (Phi) is 3.87. The van der Waals surface area contributed by atoms with Gasteiger partial charge in [0.15, 0.2) is 0 Å². The number of amides is 1. The number of carbonyl (C=O) groups is 1. The Morgan fingerprint density at radius 1 is 1.53 bits per heavy atom. The summed E-state index contributed by atoms with van der Waals surface area (Å²) in [5, 5.41) is 11.2. The molecule has 92 valence electrons. The van der Waals surface area contributed by atoms with Gasteiger partial charge in [0.05, 0.1) is 6.54 Å². The van der Waals surface area contributed by atoms with E-state index >= 15 is 0 Å². The lowest BCUT2D eigenvalue weighted by Gasteiger charge is -2.31. The van der Waals surface area contributed by atoms with E-state index < -0.39 is 0 Å². The lowest BCUT2D eigenvalue weighted by Crippen LogP contribution is -2.43. The molecule has 0 unspecified atom stereocenters. The zero-order valence-corrected chi connectivity index (χ0v) is 9.67. The van der Waals surface area contributed by atoms with E-state index in [1.807, 2.05) is 12.1 Å². The van der Waals surface area contributed by atoms with Gasteiger partial charge < -0.3 is 11.1 Å². The third-order valence-corrected chi connectivity index (χ3v) is 2.89. The molecular weight excluding hydrogens is 218 g/mol. The molecule has 1 fully saturated rings. The molecule has 0 aromatic carbocycles. The molecule has 0 spiro atoms. The van der Waals surface area contributed by atoms with E-state index in [1.165, 1.54) is 0 Å². The van der Waals surface area contributed by atoms with Crippen molar-refractivity contribution in [2.75, 3.05) is 25.0 Å². The van der Waals surface area contributed by atoms with Crippen LogP contribution in [0.4, 0.5) is 5.82 Å². The number of nitrogens with two attached hydrogens (primary N) is 1. The van der Waals surface area contributed by atoms with Crippen LogP contribution < -0.4 is 11.1 Å². The van der Waals surface area contributed by atoms with E-state index in [0.717, 1.165) is 31.7 Å². The van der Waals surface area contributed by atoms with Gasteiger partial charge in [0.1, 0.15) is 5.82 Å². The number of likely N-dealkylation sites (tertiary alicyclic amines) is 1. The number of hydrogen-bond acceptors (Lipinski definition) is 5. The van der Waals surface area contributed by atoms with Crippen LogP contribution in [0.25, 0.3) is 0 Å². The zero-order chi connectivity index (χ0) is 12.1. The molecule has 17 heavy (non-hydrogen) atoms. The predicted octanol–water partition coefficient (Wildman–Crippen LogP) is -0.162. The Balaban J connectivity index is 1.78. The lowest BCUT2D eigenvalue weighted by molar-refractivity contribution is -0.119. The first-order valence-electron chi connectivity index (χ1n) is 5.79. The number of carbonyl (C=O) groups excluding carboxylic acids is 1. The summed E-state index contributed by atoms with van der Waals surface area (Å²) in [6, 6.07) is 4.16. The fraction of sp³-hybridized carbons (Fsp3) is 0.545. The van der Waals surface area contributed by atoms with E-state index in [2.05, 4.69) is 20.4 Å². The second-order valence-corrected chi connectivity index (χ2v) is 4.27. The highest BCUT2D eigenvalue weighted by Crippen LogP contribution is 2.14. The van der Waals surface area contributed by atoms with E-state index in [0.29, 0.717) is 12.6 Å².